The minimum atomic E-state index is -1.21. The second-order valence-corrected chi connectivity index (χ2v) is 4.67. The van der Waals surface area contributed by atoms with Crippen LogP contribution in [-0.2, 0) is 11.3 Å². The van der Waals surface area contributed by atoms with E-state index in [0.717, 1.165) is 13.2 Å². The second-order valence-electron chi connectivity index (χ2n) is 4.67. The molecule has 2 aromatic rings. The highest BCUT2D eigenvalue weighted by atomic mass is 19.1. The summed E-state index contributed by atoms with van der Waals surface area (Å²) in [5, 5.41) is 2.50. The minimum Gasteiger partial charge on any atom is -0.464 e. The van der Waals surface area contributed by atoms with E-state index in [4.69, 9.17) is 0 Å². The molecule has 0 atom stereocenters. The molecule has 0 aliphatic rings. The first-order chi connectivity index (χ1) is 10.9. The van der Waals surface area contributed by atoms with Gasteiger partial charge in [0.25, 0.3) is 5.91 Å². The van der Waals surface area contributed by atoms with Crippen LogP contribution in [0.3, 0.4) is 0 Å². The first kappa shape index (κ1) is 16.5. The van der Waals surface area contributed by atoms with Crippen LogP contribution >= 0.6 is 0 Å². The zero-order valence-electron chi connectivity index (χ0n) is 12.4. The number of rotatable bonds is 4. The molecule has 1 aromatic heterocycles. The molecule has 2 rings (SSSR count). The van der Waals surface area contributed by atoms with Gasteiger partial charge in [-0.2, -0.15) is 14.4 Å². The number of esters is 1. The van der Waals surface area contributed by atoms with Crippen molar-refractivity contribution in [1.82, 2.24) is 15.3 Å². The molecule has 8 heteroatoms. The van der Waals surface area contributed by atoms with E-state index in [2.05, 4.69) is 20.0 Å². The summed E-state index contributed by atoms with van der Waals surface area (Å²) in [4.78, 5) is 29.9. The van der Waals surface area contributed by atoms with Crippen LogP contribution in [0.5, 0.6) is 0 Å². The van der Waals surface area contributed by atoms with Crippen molar-refractivity contribution >= 4 is 11.9 Å². The summed E-state index contributed by atoms with van der Waals surface area (Å²) in [5.74, 6) is -1.92. The molecule has 120 valence electrons. The average Bonchev–Trinajstić information content (AvgIpc) is 2.54. The first-order valence-electron chi connectivity index (χ1n) is 6.57. The largest absolute Gasteiger partial charge is 0.464 e. The third-order valence-electron chi connectivity index (χ3n) is 3.00. The number of benzene rings is 1. The molecule has 6 nitrogen and oxygen atoms in total. The fourth-order valence-electron chi connectivity index (χ4n) is 1.83. The van der Waals surface area contributed by atoms with Crippen molar-refractivity contribution in [3.8, 4) is 0 Å². The summed E-state index contributed by atoms with van der Waals surface area (Å²) in [6, 6.07) is 5.41. The SMILES string of the molecule is COC(=O)c1cc(C(=O)NCc2ccc(F)c(C)c2)nc(F)n1. The second kappa shape index (κ2) is 6.91. The molecule has 0 spiro atoms. The molecule has 0 unspecified atom stereocenters. The quantitative estimate of drug-likeness (QED) is 0.686. The minimum absolute atomic E-state index is 0.0964. The molecule has 0 saturated heterocycles. The fourth-order valence-corrected chi connectivity index (χ4v) is 1.83. The maximum atomic E-state index is 13.3. The number of ether oxygens (including phenoxy) is 1. The molecule has 0 radical (unpaired) electrons. The van der Waals surface area contributed by atoms with Crippen LogP contribution in [0.4, 0.5) is 8.78 Å². The van der Waals surface area contributed by atoms with E-state index in [9.17, 15) is 18.4 Å². The van der Waals surface area contributed by atoms with Gasteiger partial charge in [0.1, 0.15) is 11.5 Å². The molecule has 0 fully saturated rings. The highest BCUT2D eigenvalue weighted by Gasteiger charge is 2.16. The van der Waals surface area contributed by atoms with Gasteiger partial charge in [-0.25, -0.2) is 9.18 Å². The van der Waals surface area contributed by atoms with Gasteiger partial charge in [0.05, 0.1) is 7.11 Å². The Morgan fingerprint density at radius 2 is 1.87 bits per heavy atom. The number of hydrogen-bond acceptors (Lipinski definition) is 5. The predicted molar refractivity (Wildman–Crippen MR) is 75.6 cm³/mol. The lowest BCUT2D eigenvalue weighted by atomic mass is 10.1. The Labute approximate surface area is 130 Å². The summed E-state index contributed by atoms with van der Waals surface area (Å²) >= 11 is 0. The van der Waals surface area contributed by atoms with Crippen molar-refractivity contribution in [2.75, 3.05) is 7.11 Å². The summed E-state index contributed by atoms with van der Waals surface area (Å²) < 4.78 is 30.9. The molecule has 0 saturated carbocycles. The number of methoxy groups -OCH3 is 1. The van der Waals surface area contributed by atoms with E-state index < -0.39 is 18.0 Å². The number of amides is 1. The molecular formula is C15H13F2N3O3. The Balaban J connectivity index is 2.12. The van der Waals surface area contributed by atoms with Crippen molar-refractivity contribution < 1.29 is 23.1 Å². The van der Waals surface area contributed by atoms with Gasteiger partial charge in [-0.1, -0.05) is 12.1 Å². The number of carbonyl (C=O) groups is 2. The van der Waals surface area contributed by atoms with Crippen LogP contribution < -0.4 is 5.32 Å². The third kappa shape index (κ3) is 4.06. The van der Waals surface area contributed by atoms with Crippen molar-refractivity contribution in [3.05, 3.63) is 58.7 Å². The van der Waals surface area contributed by atoms with Gasteiger partial charge in [0.15, 0.2) is 5.69 Å². The highest BCUT2D eigenvalue weighted by molar-refractivity contribution is 5.95. The predicted octanol–water partition coefficient (Wildman–Crippen LogP) is 1.78. The van der Waals surface area contributed by atoms with E-state index in [1.165, 1.54) is 12.1 Å². The van der Waals surface area contributed by atoms with Crippen LogP contribution in [0.1, 0.15) is 32.1 Å². The van der Waals surface area contributed by atoms with Gasteiger partial charge < -0.3 is 10.1 Å². The summed E-state index contributed by atoms with van der Waals surface area (Å²) in [7, 11) is 1.11. The smallest absolute Gasteiger partial charge is 0.356 e. The monoisotopic (exact) mass is 321 g/mol. The zero-order valence-corrected chi connectivity index (χ0v) is 12.4. The van der Waals surface area contributed by atoms with Crippen molar-refractivity contribution in [2.24, 2.45) is 0 Å². The van der Waals surface area contributed by atoms with E-state index >= 15 is 0 Å². The number of aromatic nitrogens is 2. The molecule has 23 heavy (non-hydrogen) atoms. The molecule has 0 aliphatic carbocycles. The number of aryl methyl sites for hydroxylation is 1. The fraction of sp³-hybridized carbons (Fsp3) is 0.200. The van der Waals surface area contributed by atoms with Gasteiger partial charge in [-0.05, 0) is 24.1 Å². The van der Waals surface area contributed by atoms with Crippen LogP contribution in [0.25, 0.3) is 0 Å². The van der Waals surface area contributed by atoms with E-state index in [-0.39, 0.29) is 23.7 Å². The number of carbonyl (C=O) groups excluding carboxylic acids is 2. The van der Waals surface area contributed by atoms with Crippen LogP contribution in [-0.4, -0.2) is 29.0 Å². The van der Waals surface area contributed by atoms with Gasteiger partial charge in [-0.15, -0.1) is 0 Å². The Bertz CT molecular complexity index is 766. The van der Waals surface area contributed by atoms with Gasteiger partial charge in [-0.3, -0.25) is 4.79 Å². The lowest BCUT2D eigenvalue weighted by Crippen LogP contribution is -2.25. The van der Waals surface area contributed by atoms with E-state index in [1.54, 1.807) is 13.0 Å². The molecule has 1 heterocycles. The van der Waals surface area contributed by atoms with Crippen LogP contribution in [0, 0.1) is 18.8 Å². The molecular weight excluding hydrogens is 308 g/mol. The topological polar surface area (TPSA) is 81.2 Å². The zero-order chi connectivity index (χ0) is 17.0. The number of nitrogens with one attached hydrogen (secondary N) is 1. The Hall–Kier alpha value is -2.90. The summed E-state index contributed by atoms with van der Waals surface area (Å²) in [6.07, 6.45) is -1.21. The van der Waals surface area contributed by atoms with Crippen molar-refractivity contribution in [2.45, 2.75) is 13.5 Å². The van der Waals surface area contributed by atoms with E-state index in [1.807, 2.05) is 0 Å². The highest BCUT2D eigenvalue weighted by Crippen LogP contribution is 2.09. The standard InChI is InChI=1S/C15H13F2N3O3/c1-8-5-9(3-4-10(8)16)7-18-13(21)11-6-12(14(22)23-2)20-15(17)19-11/h3-6H,7H2,1-2H3,(H,18,21). The molecule has 0 bridgehead atoms. The van der Waals surface area contributed by atoms with Crippen molar-refractivity contribution in [1.29, 1.82) is 0 Å². The molecule has 1 N–H and O–H groups in total. The van der Waals surface area contributed by atoms with Crippen molar-refractivity contribution in [3.63, 3.8) is 0 Å². The van der Waals surface area contributed by atoms with Crippen LogP contribution in [0.15, 0.2) is 24.3 Å². The normalized spacial score (nSPS) is 10.3. The molecule has 0 aliphatic heterocycles. The number of nitrogens with zero attached hydrogens (tertiary/aromatic N) is 2. The molecule has 1 amide bonds. The Kier molecular flexibility index (Phi) is 4.95. The van der Waals surface area contributed by atoms with E-state index in [0.29, 0.717) is 11.1 Å². The first-order valence-corrected chi connectivity index (χ1v) is 6.57. The average molecular weight is 321 g/mol. The Morgan fingerprint density at radius 3 is 2.52 bits per heavy atom. The van der Waals surface area contributed by atoms with Gasteiger partial charge in [0, 0.05) is 12.6 Å². The van der Waals surface area contributed by atoms with Gasteiger partial charge in [0.2, 0.25) is 0 Å². The lowest BCUT2D eigenvalue weighted by Gasteiger charge is -2.07. The van der Waals surface area contributed by atoms with Crippen LogP contribution in [0.2, 0.25) is 0 Å². The summed E-state index contributed by atoms with van der Waals surface area (Å²) in [5.41, 5.74) is 0.442. The van der Waals surface area contributed by atoms with Gasteiger partial charge >= 0.3 is 12.0 Å². The summed E-state index contributed by atoms with van der Waals surface area (Å²) in [6.45, 7) is 1.70. The maximum Gasteiger partial charge on any atom is 0.356 e. The maximum absolute atomic E-state index is 13.3. The number of hydrogen-bond donors (Lipinski definition) is 1. The third-order valence-corrected chi connectivity index (χ3v) is 3.00. The molecule has 1 aromatic carbocycles. The Morgan fingerprint density at radius 1 is 1.17 bits per heavy atom. The lowest BCUT2D eigenvalue weighted by molar-refractivity contribution is 0.0592. The number of halogens is 2.